The Morgan fingerprint density at radius 2 is 2.33 bits per heavy atom. The standard InChI is InChI=1S/C8H11N5O2/c1-9-6-2-7(11-4-10-6)12-5-3-15-13-8(5)14/h2,4-5H,3H2,1H3,(H,13,14)(H2,9,10,11,12). The first-order valence-electron chi connectivity index (χ1n) is 4.47. The van der Waals surface area contributed by atoms with Crippen molar-refractivity contribution in [3.05, 3.63) is 12.4 Å². The maximum Gasteiger partial charge on any atom is 0.268 e. The highest BCUT2D eigenvalue weighted by atomic mass is 16.7. The van der Waals surface area contributed by atoms with E-state index in [0.717, 1.165) is 0 Å². The van der Waals surface area contributed by atoms with Crippen LogP contribution in [-0.2, 0) is 9.63 Å². The van der Waals surface area contributed by atoms with Gasteiger partial charge in [-0.25, -0.2) is 15.4 Å². The summed E-state index contributed by atoms with van der Waals surface area (Å²) in [6.45, 7) is 0.289. The lowest BCUT2D eigenvalue weighted by Gasteiger charge is -2.09. The molecule has 1 aliphatic heterocycles. The van der Waals surface area contributed by atoms with E-state index in [1.165, 1.54) is 6.33 Å². The van der Waals surface area contributed by atoms with Crippen LogP contribution >= 0.6 is 0 Å². The van der Waals surface area contributed by atoms with Crippen molar-refractivity contribution in [2.45, 2.75) is 6.04 Å². The molecule has 2 rings (SSSR count). The molecule has 0 radical (unpaired) electrons. The Balaban J connectivity index is 2.06. The first-order valence-corrected chi connectivity index (χ1v) is 4.47. The van der Waals surface area contributed by atoms with Crippen LogP contribution in [0.3, 0.4) is 0 Å². The van der Waals surface area contributed by atoms with Crippen LogP contribution in [0.1, 0.15) is 0 Å². The van der Waals surface area contributed by atoms with Gasteiger partial charge in [-0.1, -0.05) is 0 Å². The van der Waals surface area contributed by atoms with Crippen molar-refractivity contribution in [1.29, 1.82) is 0 Å². The van der Waals surface area contributed by atoms with Crippen LogP contribution in [0, 0.1) is 0 Å². The number of nitrogens with one attached hydrogen (secondary N) is 3. The van der Waals surface area contributed by atoms with Gasteiger partial charge in [0.2, 0.25) is 0 Å². The van der Waals surface area contributed by atoms with Gasteiger partial charge in [0, 0.05) is 13.1 Å². The Morgan fingerprint density at radius 1 is 1.53 bits per heavy atom. The molecule has 1 aromatic rings. The van der Waals surface area contributed by atoms with E-state index in [1.807, 2.05) is 0 Å². The molecule has 80 valence electrons. The summed E-state index contributed by atoms with van der Waals surface area (Å²) >= 11 is 0. The molecule has 1 unspecified atom stereocenters. The van der Waals surface area contributed by atoms with Gasteiger partial charge in [0.15, 0.2) is 0 Å². The van der Waals surface area contributed by atoms with E-state index in [9.17, 15) is 4.79 Å². The van der Waals surface area contributed by atoms with Gasteiger partial charge in [-0.2, -0.15) is 0 Å². The lowest BCUT2D eigenvalue weighted by Crippen LogP contribution is -2.31. The molecule has 15 heavy (non-hydrogen) atoms. The zero-order valence-corrected chi connectivity index (χ0v) is 8.15. The molecule has 0 spiro atoms. The monoisotopic (exact) mass is 209 g/mol. The van der Waals surface area contributed by atoms with Gasteiger partial charge in [0.25, 0.3) is 5.91 Å². The molecule has 7 heteroatoms. The molecule has 7 nitrogen and oxygen atoms in total. The number of aromatic nitrogens is 2. The molecule has 1 saturated heterocycles. The maximum absolute atomic E-state index is 11.2. The van der Waals surface area contributed by atoms with E-state index in [0.29, 0.717) is 11.6 Å². The quantitative estimate of drug-likeness (QED) is 0.613. The highest BCUT2D eigenvalue weighted by molar-refractivity contribution is 5.85. The molecular formula is C8H11N5O2. The Kier molecular flexibility index (Phi) is 2.64. The summed E-state index contributed by atoms with van der Waals surface area (Å²) in [6.07, 6.45) is 1.42. The second kappa shape index (κ2) is 4.09. The molecule has 0 saturated carbocycles. The minimum atomic E-state index is -0.399. The van der Waals surface area contributed by atoms with E-state index in [4.69, 9.17) is 4.84 Å². The normalized spacial score (nSPS) is 19.8. The summed E-state index contributed by atoms with van der Waals surface area (Å²) in [6, 6.07) is 1.32. The van der Waals surface area contributed by atoms with Crippen LogP contribution in [0.15, 0.2) is 12.4 Å². The molecule has 0 aliphatic carbocycles. The third-order valence-electron chi connectivity index (χ3n) is 1.98. The number of hydroxylamine groups is 1. The maximum atomic E-state index is 11.2. The summed E-state index contributed by atoms with van der Waals surface area (Å²) in [4.78, 5) is 23.9. The highest BCUT2D eigenvalue weighted by Crippen LogP contribution is 2.10. The summed E-state index contributed by atoms with van der Waals surface area (Å²) in [7, 11) is 1.76. The fraction of sp³-hybridized carbons (Fsp3) is 0.375. The number of nitrogens with zero attached hydrogens (tertiary/aromatic N) is 2. The van der Waals surface area contributed by atoms with Crippen molar-refractivity contribution in [1.82, 2.24) is 15.4 Å². The van der Waals surface area contributed by atoms with Crippen molar-refractivity contribution >= 4 is 17.5 Å². The molecule has 2 heterocycles. The van der Waals surface area contributed by atoms with Crippen LogP contribution in [0.2, 0.25) is 0 Å². The number of anilines is 2. The van der Waals surface area contributed by atoms with E-state index < -0.39 is 6.04 Å². The average molecular weight is 209 g/mol. The van der Waals surface area contributed by atoms with Crippen LogP contribution in [0.4, 0.5) is 11.6 Å². The number of amides is 1. The molecule has 1 amide bonds. The van der Waals surface area contributed by atoms with Crippen molar-refractivity contribution in [3.8, 4) is 0 Å². The van der Waals surface area contributed by atoms with Gasteiger partial charge in [-0.15, -0.1) is 0 Å². The molecule has 0 bridgehead atoms. The van der Waals surface area contributed by atoms with Crippen LogP contribution in [-0.4, -0.2) is 35.6 Å². The van der Waals surface area contributed by atoms with Gasteiger partial charge in [0.05, 0.1) is 0 Å². The molecule has 3 N–H and O–H groups in total. The van der Waals surface area contributed by atoms with E-state index in [1.54, 1.807) is 13.1 Å². The van der Waals surface area contributed by atoms with Crippen molar-refractivity contribution in [2.24, 2.45) is 0 Å². The fourth-order valence-corrected chi connectivity index (χ4v) is 1.20. The number of carbonyl (C=O) groups excluding carboxylic acids is 1. The summed E-state index contributed by atoms with van der Waals surface area (Å²) in [5, 5.41) is 5.82. The Bertz CT molecular complexity index is 370. The molecule has 1 aliphatic rings. The number of hydrogen-bond donors (Lipinski definition) is 3. The molecular weight excluding hydrogens is 198 g/mol. The zero-order valence-electron chi connectivity index (χ0n) is 8.15. The Hall–Kier alpha value is -1.89. The van der Waals surface area contributed by atoms with Gasteiger partial charge in [-0.3, -0.25) is 9.63 Å². The van der Waals surface area contributed by atoms with Gasteiger partial charge >= 0.3 is 0 Å². The zero-order chi connectivity index (χ0) is 10.7. The smallest absolute Gasteiger partial charge is 0.268 e. The molecule has 1 fully saturated rings. The first kappa shape index (κ1) is 9.66. The number of carbonyl (C=O) groups is 1. The van der Waals surface area contributed by atoms with Gasteiger partial charge in [-0.05, 0) is 0 Å². The van der Waals surface area contributed by atoms with E-state index in [-0.39, 0.29) is 12.5 Å². The van der Waals surface area contributed by atoms with Crippen LogP contribution in [0.5, 0.6) is 0 Å². The first-order chi connectivity index (χ1) is 7.29. The van der Waals surface area contributed by atoms with Gasteiger partial charge in [0.1, 0.15) is 30.6 Å². The van der Waals surface area contributed by atoms with Gasteiger partial charge < -0.3 is 10.6 Å². The van der Waals surface area contributed by atoms with Crippen molar-refractivity contribution in [2.75, 3.05) is 24.3 Å². The lowest BCUT2D eigenvalue weighted by molar-refractivity contribution is -0.124. The summed E-state index contributed by atoms with van der Waals surface area (Å²) < 4.78 is 0. The topological polar surface area (TPSA) is 88.2 Å². The second-order valence-electron chi connectivity index (χ2n) is 3.01. The lowest BCUT2D eigenvalue weighted by atomic mass is 10.3. The number of hydrogen-bond acceptors (Lipinski definition) is 6. The Morgan fingerprint density at radius 3 is 3.00 bits per heavy atom. The minimum Gasteiger partial charge on any atom is -0.373 e. The fourth-order valence-electron chi connectivity index (χ4n) is 1.20. The predicted octanol–water partition coefficient (Wildman–Crippen LogP) is -0.640. The molecule has 0 aromatic carbocycles. The third-order valence-corrected chi connectivity index (χ3v) is 1.98. The molecule has 1 atom stereocenters. The number of rotatable bonds is 3. The summed E-state index contributed by atoms with van der Waals surface area (Å²) in [5.74, 6) is 1.08. The minimum absolute atomic E-state index is 0.195. The third kappa shape index (κ3) is 2.13. The van der Waals surface area contributed by atoms with Crippen LogP contribution in [0.25, 0.3) is 0 Å². The van der Waals surface area contributed by atoms with Crippen molar-refractivity contribution < 1.29 is 9.63 Å². The van der Waals surface area contributed by atoms with E-state index >= 15 is 0 Å². The van der Waals surface area contributed by atoms with Crippen molar-refractivity contribution in [3.63, 3.8) is 0 Å². The Labute approximate surface area is 86.2 Å². The SMILES string of the molecule is CNc1cc(NC2CONC2=O)ncn1. The largest absolute Gasteiger partial charge is 0.373 e. The summed E-state index contributed by atoms with van der Waals surface area (Å²) in [5.41, 5.74) is 2.26. The second-order valence-corrected chi connectivity index (χ2v) is 3.01. The highest BCUT2D eigenvalue weighted by Gasteiger charge is 2.25. The van der Waals surface area contributed by atoms with Crippen LogP contribution < -0.4 is 16.1 Å². The predicted molar refractivity (Wildman–Crippen MR) is 53.1 cm³/mol. The molecule has 1 aromatic heterocycles. The average Bonchev–Trinajstić information content (AvgIpc) is 2.65. The van der Waals surface area contributed by atoms with E-state index in [2.05, 4.69) is 26.1 Å².